The first kappa shape index (κ1) is 16.1. The zero-order chi connectivity index (χ0) is 13.1. The van der Waals surface area contributed by atoms with Gasteiger partial charge in [0.25, 0.3) is 0 Å². The average Bonchev–Trinajstić information content (AvgIpc) is 2.16. The molecule has 0 saturated carbocycles. The molecule has 16 heavy (non-hydrogen) atoms. The molecule has 0 aromatic rings. The van der Waals surface area contributed by atoms with Crippen molar-refractivity contribution in [1.29, 1.82) is 0 Å². The van der Waals surface area contributed by atoms with E-state index in [9.17, 15) is 33.8 Å². The molecule has 1 unspecified atom stereocenters. The number of hydrogen-bond acceptors (Lipinski definition) is 2. The zero-order valence-corrected chi connectivity index (χ0v) is 10.7. The summed E-state index contributed by atoms with van der Waals surface area (Å²) in [5, 5.41) is 0. The third kappa shape index (κ3) is 3.05. The average molecular weight is 363 g/mol. The van der Waals surface area contributed by atoms with Crippen LogP contribution in [-0.2, 0) is 6.15 Å². The van der Waals surface area contributed by atoms with E-state index in [1.54, 1.807) is 0 Å². The Hall–Kier alpha value is 0.0687. The molecule has 0 fully saturated rings. The summed E-state index contributed by atoms with van der Waals surface area (Å²) in [5.74, 6) is -11.6. The Labute approximate surface area is 93.4 Å². The molecule has 0 rings (SSSR count). The van der Waals surface area contributed by atoms with Gasteiger partial charge in [-0.3, -0.25) is 0 Å². The summed E-state index contributed by atoms with van der Waals surface area (Å²) < 4.78 is 96.4. The summed E-state index contributed by atoms with van der Waals surface area (Å²) in [6.45, 7) is 0.754. The van der Waals surface area contributed by atoms with Crippen molar-refractivity contribution in [3.8, 4) is 0 Å². The molecule has 96 valence electrons. The van der Waals surface area contributed by atoms with Crippen molar-refractivity contribution in [2.24, 2.45) is 0 Å². The molecule has 2 nitrogen and oxygen atoms in total. The second kappa shape index (κ2) is 5.60. The molecule has 0 aliphatic rings. The van der Waals surface area contributed by atoms with Crippen LogP contribution in [0.5, 0.6) is 0 Å². The summed E-state index contributed by atoms with van der Waals surface area (Å²) >= 11 is -5.12. The summed E-state index contributed by atoms with van der Waals surface area (Å²) in [7, 11) is 0. The second-order valence-electron chi connectivity index (χ2n) is 2.66. The fourth-order valence-electron chi connectivity index (χ4n) is 0.678. The van der Waals surface area contributed by atoms with Crippen LogP contribution in [0.25, 0.3) is 0 Å². The second-order valence-corrected chi connectivity index (χ2v) is 6.75. The summed E-state index contributed by atoms with van der Waals surface area (Å²) in [5.41, 5.74) is 0. The molecule has 0 radical (unpaired) electrons. The molecule has 0 aliphatic heterocycles. The number of rotatable bonds is 6. The molecule has 0 N–H and O–H groups in total. The van der Waals surface area contributed by atoms with Crippen LogP contribution in [0.3, 0.4) is 0 Å². The Kier molecular flexibility index (Phi) is 5.63. The standard InChI is InChI=1S/C4H2F7.C2H5O.O.Sn/c5-1-3(8,9)4(10,11)2(6)7;1-2-3;;/h1-2H;2H2,1H3;;/q;-1;;+1. The molecule has 0 heterocycles. The van der Waals surface area contributed by atoms with E-state index in [-0.39, 0.29) is 0 Å². The predicted molar refractivity (Wildman–Crippen MR) is 38.9 cm³/mol. The molecule has 0 amide bonds. The van der Waals surface area contributed by atoms with Crippen LogP contribution < -0.4 is 0 Å². The van der Waals surface area contributed by atoms with Crippen LogP contribution in [0.1, 0.15) is 6.92 Å². The van der Waals surface area contributed by atoms with Crippen molar-refractivity contribution in [2.75, 3.05) is 6.61 Å². The van der Waals surface area contributed by atoms with Gasteiger partial charge < -0.3 is 0 Å². The fraction of sp³-hybridized carbons (Fsp3) is 1.00. The minimum atomic E-state index is -5.88. The summed E-state index contributed by atoms with van der Waals surface area (Å²) in [6.07, 6.45) is -4.75. The van der Waals surface area contributed by atoms with Crippen molar-refractivity contribution < 1.29 is 36.9 Å². The molecule has 0 saturated heterocycles. The monoisotopic (exact) mass is 364 g/mol. The molecular weight excluding hydrogens is 356 g/mol. The van der Waals surface area contributed by atoms with Crippen molar-refractivity contribution in [3.05, 3.63) is 0 Å². The van der Waals surface area contributed by atoms with E-state index in [1.807, 2.05) is 0 Å². The van der Waals surface area contributed by atoms with E-state index in [0.29, 0.717) is 0 Å². The Bertz CT molecular complexity index is 257. The first-order valence-corrected chi connectivity index (χ1v) is 7.91. The first-order chi connectivity index (χ1) is 7.09. The predicted octanol–water partition coefficient (Wildman–Crippen LogP) is 2.35. The van der Waals surface area contributed by atoms with Gasteiger partial charge in [-0.15, -0.1) is 0 Å². The van der Waals surface area contributed by atoms with Gasteiger partial charge in [0.1, 0.15) is 0 Å². The third-order valence-corrected chi connectivity index (χ3v) is 5.38. The molecule has 0 spiro atoms. The van der Waals surface area contributed by atoms with Gasteiger partial charge in [-0.05, 0) is 0 Å². The zero-order valence-electron chi connectivity index (χ0n) is 7.82. The Morgan fingerprint density at radius 3 is 1.88 bits per heavy atom. The minimum absolute atomic E-state index is 0.422. The summed E-state index contributed by atoms with van der Waals surface area (Å²) in [6, 6.07) is 0. The van der Waals surface area contributed by atoms with Crippen LogP contribution in [0.4, 0.5) is 30.7 Å². The SMILES string of the molecule is CC[O][Sn](=[O])[CH](F)C(F)(F)C(F)(F)C(F)F. The van der Waals surface area contributed by atoms with Crippen molar-refractivity contribution in [2.45, 2.75) is 29.4 Å². The number of alkyl halides is 7. The molecular formula is C6H7F7O2Sn. The van der Waals surface area contributed by atoms with E-state index in [0.717, 1.165) is 0 Å². The van der Waals surface area contributed by atoms with Gasteiger partial charge in [0.2, 0.25) is 0 Å². The van der Waals surface area contributed by atoms with Gasteiger partial charge in [-0.1, -0.05) is 0 Å². The quantitative estimate of drug-likeness (QED) is 0.535. The maximum atomic E-state index is 12.7. The van der Waals surface area contributed by atoms with Crippen LogP contribution in [0, 0.1) is 0 Å². The van der Waals surface area contributed by atoms with Gasteiger partial charge in [0.05, 0.1) is 0 Å². The van der Waals surface area contributed by atoms with Gasteiger partial charge in [0, 0.05) is 0 Å². The maximum absolute atomic E-state index is 12.7. The Morgan fingerprint density at radius 1 is 1.12 bits per heavy atom. The molecule has 0 aromatic carbocycles. The van der Waals surface area contributed by atoms with E-state index in [1.165, 1.54) is 6.92 Å². The van der Waals surface area contributed by atoms with E-state index in [4.69, 9.17) is 0 Å². The van der Waals surface area contributed by atoms with Crippen molar-refractivity contribution in [1.82, 2.24) is 0 Å². The molecule has 10 heteroatoms. The number of halogens is 7. The first-order valence-electron chi connectivity index (χ1n) is 3.93. The molecule has 0 bridgehead atoms. The molecule has 1 atom stereocenters. The van der Waals surface area contributed by atoms with E-state index < -0.39 is 49.2 Å². The van der Waals surface area contributed by atoms with Crippen LogP contribution in [-0.4, -0.2) is 49.2 Å². The number of hydrogen-bond donors (Lipinski definition) is 0. The van der Waals surface area contributed by atoms with Crippen molar-refractivity contribution >= 4 is 20.2 Å². The summed E-state index contributed by atoms with van der Waals surface area (Å²) in [4.78, 5) is 0. The van der Waals surface area contributed by atoms with Crippen LogP contribution in [0.15, 0.2) is 0 Å². The Morgan fingerprint density at radius 2 is 1.56 bits per heavy atom. The topological polar surface area (TPSA) is 26.3 Å². The van der Waals surface area contributed by atoms with Crippen molar-refractivity contribution in [3.63, 3.8) is 0 Å². The third-order valence-electron chi connectivity index (χ3n) is 1.53. The van der Waals surface area contributed by atoms with Gasteiger partial charge >= 0.3 is 93.0 Å². The van der Waals surface area contributed by atoms with E-state index >= 15 is 0 Å². The Balaban J connectivity index is 4.97. The molecule has 0 aliphatic carbocycles. The van der Waals surface area contributed by atoms with Gasteiger partial charge in [0.15, 0.2) is 0 Å². The normalized spacial score (nSPS) is 15.3. The van der Waals surface area contributed by atoms with Crippen LogP contribution in [0.2, 0.25) is 0 Å². The van der Waals surface area contributed by atoms with Gasteiger partial charge in [-0.25, -0.2) is 0 Å². The van der Waals surface area contributed by atoms with E-state index in [2.05, 4.69) is 3.07 Å². The molecule has 0 aromatic heterocycles. The van der Waals surface area contributed by atoms with Crippen LogP contribution >= 0.6 is 0 Å². The van der Waals surface area contributed by atoms with Gasteiger partial charge in [-0.2, -0.15) is 0 Å². The fourth-order valence-corrected chi connectivity index (χ4v) is 3.30.